The standard InChI is InChI=1S/C18H25N5O3/c1-3-4-16-21-15(12-26-16)18(25)23-7-5-13(6-8-23)9-19-17(24)14-10-20-22(2)11-14/h10-13H,3-9H2,1-2H3,(H,19,24). The lowest BCUT2D eigenvalue weighted by molar-refractivity contribution is 0.0678. The lowest BCUT2D eigenvalue weighted by Gasteiger charge is -2.31. The highest BCUT2D eigenvalue weighted by Crippen LogP contribution is 2.19. The topological polar surface area (TPSA) is 93.3 Å². The summed E-state index contributed by atoms with van der Waals surface area (Å²) in [6.45, 7) is 3.99. The summed E-state index contributed by atoms with van der Waals surface area (Å²) >= 11 is 0. The molecule has 2 amide bonds. The fourth-order valence-corrected chi connectivity index (χ4v) is 3.12. The predicted molar refractivity (Wildman–Crippen MR) is 94.7 cm³/mol. The van der Waals surface area contributed by atoms with Crippen LogP contribution in [0.25, 0.3) is 0 Å². The van der Waals surface area contributed by atoms with Crippen molar-refractivity contribution in [3.63, 3.8) is 0 Å². The highest BCUT2D eigenvalue weighted by Gasteiger charge is 2.26. The number of piperidine rings is 1. The molecule has 0 aromatic carbocycles. The first-order valence-electron chi connectivity index (χ1n) is 9.07. The molecule has 0 aliphatic carbocycles. The number of amides is 2. The van der Waals surface area contributed by atoms with Crippen molar-refractivity contribution < 1.29 is 14.0 Å². The number of likely N-dealkylation sites (tertiary alicyclic amines) is 1. The van der Waals surface area contributed by atoms with Gasteiger partial charge in [0.2, 0.25) is 0 Å². The van der Waals surface area contributed by atoms with Crippen LogP contribution in [0.1, 0.15) is 52.9 Å². The minimum absolute atomic E-state index is 0.0750. The summed E-state index contributed by atoms with van der Waals surface area (Å²) in [5, 5.41) is 6.95. The molecule has 0 unspecified atom stereocenters. The van der Waals surface area contributed by atoms with Crippen molar-refractivity contribution in [2.24, 2.45) is 13.0 Å². The normalized spacial score (nSPS) is 15.2. The first kappa shape index (κ1) is 18.2. The van der Waals surface area contributed by atoms with Gasteiger partial charge in [-0.25, -0.2) is 4.98 Å². The van der Waals surface area contributed by atoms with Gasteiger partial charge in [0.05, 0.1) is 11.8 Å². The zero-order chi connectivity index (χ0) is 18.5. The number of rotatable bonds is 6. The van der Waals surface area contributed by atoms with Crippen molar-refractivity contribution in [1.29, 1.82) is 0 Å². The van der Waals surface area contributed by atoms with E-state index < -0.39 is 0 Å². The number of hydrogen-bond donors (Lipinski definition) is 1. The van der Waals surface area contributed by atoms with E-state index in [1.807, 2.05) is 11.8 Å². The van der Waals surface area contributed by atoms with E-state index in [1.54, 1.807) is 24.1 Å². The Morgan fingerprint density at radius 2 is 2.12 bits per heavy atom. The summed E-state index contributed by atoms with van der Waals surface area (Å²) in [6, 6.07) is 0. The Kier molecular flexibility index (Phi) is 5.70. The molecule has 140 valence electrons. The van der Waals surface area contributed by atoms with Crippen LogP contribution in [-0.2, 0) is 13.5 Å². The molecule has 1 saturated heterocycles. The van der Waals surface area contributed by atoms with Gasteiger partial charge < -0.3 is 14.6 Å². The van der Waals surface area contributed by atoms with E-state index in [9.17, 15) is 9.59 Å². The molecule has 0 spiro atoms. The first-order chi connectivity index (χ1) is 12.6. The molecule has 26 heavy (non-hydrogen) atoms. The van der Waals surface area contributed by atoms with Gasteiger partial charge >= 0.3 is 0 Å². The van der Waals surface area contributed by atoms with E-state index in [4.69, 9.17) is 4.42 Å². The second-order valence-corrected chi connectivity index (χ2v) is 6.72. The van der Waals surface area contributed by atoms with Crippen LogP contribution in [0.2, 0.25) is 0 Å². The molecule has 8 heteroatoms. The Morgan fingerprint density at radius 3 is 2.77 bits per heavy atom. The van der Waals surface area contributed by atoms with E-state index in [0.717, 1.165) is 25.7 Å². The van der Waals surface area contributed by atoms with Gasteiger partial charge in [-0.15, -0.1) is 0 Å². The SMILES string of the molecule is CCCc1nc(C(=O)N2CCC(CNC(=O)c3cnn(C)c3)CC2)co1. The molecular weight excluding hydrogens is 334 g/mol. The van der Waals surface area contributed by atoms with E-state index in [1.165, 1.54) is 6.26 Å². The second kappa shape index (κ2) is 8.16. The quantitative estimate of drug-likeness (QED) is 0.846. The lowest BCUT2D eigenvalue weighted by atomic mass is 9.96. The number of nitrogens with zero attached hydrogens (tertiary/aromatic N) is 4. The van der Waals surface area contributed by atoms with Crippen LogP contribution in [0.5, 0.6) is 0 Å². The summed E-state index contributed by atoms with van der Waals surface area (Å²) in [5.41, 5.74) is 0.950. The minimum atomic E-state index is -0.109. The Balaban J connectivity index is 1.44. The number of carbonyl (C=O) groups excluding carboxylic acids is 2. The molecule has 0 bridgehead atoms. The smallest absolute Gasteiger partial charge is 0.275 e. The van der Waals surface area contributed by atoms with Gasteiger partial charge in [-0.05, 0) is 25.2 Å². The second-order valence-electron chi connectivity index (χ2n) is 6.72. The average molecular weight is 359 g/mol. The maximum Gasteiger partial charge on any atom is 0.275 e. The Labute approximate surface area is 152 Å². The van der Waals surface area contributed by atoms with Gasteiger partial charge in [0.1, 0.15) is 6.26 Å². The number of nitrogens with one attached hydrogen (secondary N) is 1. The van der Waals surface area contributed by atoms with Gasteiger partial charge in [0, 0.05) is 39.3 Å². The Bertz CT molecular complexity index is 758. The van der Waals surface area contributed by atoms with E-state index in [0.29, 0.717) is 42.7 Å². The summed E-state index contributed by atoms with van der Waals surface area (Å²) in [4.78, 5) is 30.6. The maximum absolute atomic E-state index is 12.5. The van der Waals surface area contributed by atoms with Crippen molar-refractivity contribution in [2.45, 2.75) is 32.6 Å². The van der Waals surface area contributed by atoms with Crippen molar-refractivity contribution in [3.05, 3.63) is 35.8 Å². The summed E-state index contributed by atoms with van der Waals surface area (Å²) in [7, 11) is 1.78. The molecule has 0 atom stereocenters. The van der Waals surface area contributed by atoms with Gasteiger partial charge in [0.25, 0.3) is 11.8 Å². The van der Waals surface area contributed by atoms with Gasteiger partial charge in [0.15, 0.2) is 11.6 Å². The van der Waals surface area contributed by atoms with Crippen molar-refractivity contribution in [3.8, 4) is 0 Å². The molecular formula is C18H25N5O3. The monoisotopic (exact) mass is 359 g/mol. The molecule has 1 aliphatic heterocycles. The number of hydrogen-bond acceptors (Lipinski definition) is 5. The first-order valence-corrected chi connectivity index (χ1v) is 9.07. The molecule has 1 fully saturated rings. The van der Waals surface area contributed by atoms with E-state index in [-0.39, 0.29) is 11.8 Å². The molecule has 1 N–H and O–H groups in total. The van der Waals surface area contributed by atoms with Crippen LogP contribution in [0.15, 0.2) is 23.1 Å². The van der Waals surface area contributed by atoms with Crippen LogP contribution in [0, 0.1) is 5.92 Å². The van der Waals surface area contributed by atoms with Crippen LogP contribution in [0.3, 0.4) is 0 Å². The number of aromatic nitrogens is 3. The molecule has 3 heterocycles. The zero-order valence-electron chi connectivity index (χ0n) is 15.3. The molecule has 0 radical (unpaired) electrons. The Hall–Kier alpha value is -2.64. The van der Waals surface area contributed by atoms with Crippen LogP contribution in [0.4, 0.5) is 0 Å². The van der Waals surface area contributed by atoms with Crippen molar-refractivity contribution in [2.75, 3.05) is 19.6 Å². The van der Waals surface area contributed by atoms with Gasteiger partial charge in [-0.2, -0.15) is 5.10 Å². The fourth-order valence-electron chi connectivity index (χ4n) is 3.12. The average Bonchev–Trinajstić information content (AvgIpc) is 3.29. The van der Waals surface area contributed by atoms with E-state index >= 15 is 0 Å². The molecule has 3 rings (SSSR count). The third kappa shape index (κ3) is 4.30. The van der Waals surface area contributed by atoms with Gasteiger partial charge in [-0.1, -0.05) is 6.92 Å². The highest BCUT2D eigenvalue weighted by molar-refractivity contribution is 5.93. The largest absolute Gasteiger partial charge is 0.448 e. The molecule has 8 nitrogen and oxygen atoms in total. The number of carbonyl (C=O) groups is 2. The van der Waals surface area contributed by atoms with Crippen LogP contribution in [-0.4, -0.2) is 51.1 Å². The highest BCUT2D eigenvalue weighted by atomic mass is 16.3. The van der Waals surface area contributed by atoms with Crippen molar-refractivity contribution in [1.82, 2.24) is 25.0 Å². The number of aryl methyl sites for hydroxylation is 2. The summed E-state index contributed by atoms with van der Waals surface area (Å²) in [5.74, 6) is 0.799. The fraction of sp³-hybridized carbons (Fsp3) is 0.556. The third-order valence-electron chi connectivity index (χ3n) is 4.65. The van der Waals surface area contributed by atoms with Crippen molar-refractivity contribution >= 4 is 11.8 Å². The molecule has 1 aliphatic rings. The zero-order valence-corrected chi connectivity index (χ0v) is 15.3. The minimum Gasteiger partial charge on any atom is -0.448 e. The summed E-state index contributed by atoms with van der Waals surface area (Å²) in [6.07, 6.45) is 8.10. The van der Waals surface area contributed by atoms with Crippen LogP contribution < -0.4 is 5.32 Å². The van der Waals surface area contributed by atoms with Crippen LogP contribution >= 0.6 is 0 Å². The molecule has 2 aromatic heterocycles. The molecule has 2 aromatic rings. The van der Waals surface area contributed by atoms with Gasteiger partial charge in [-0.3, -0.25) is 14.3 Å². The number of oxazole rings is 1. The maximum atomic E-state index is 12.5. The summed E-state index contributed by atoms with van der Waals surface area (Å²) < 4.78 is 6.94. The lowest BCUT2D eigenvalue weighted by Crippen LogP contribution is -2.41. The molecule has 0 saturated carbocycles. The Morgan fingerprint density at radius 1 is 1.35 bits per heavy atom. The third-order valence-corrected chi connectivity index (χ3v) is 4.65. The predicted octanol–water partition coefficient (Wildman–Crippen LogP) is 1.64. The van der Waals surface area contributed by atoms with E-state index in [2.05, 4.69) is 15.4 Å².